The quantitative estimate of drug-likeness (QED) is 0.760. The van der Waals surface area contributed by atoms with Crippen molar-refractivity contribution in [3.63, 3.8) is 0 Å². The fourth-order valence-corrected chi connectivity index (χ4v) is 1.34. The second-order valence-electron chi connectivity index (χ2n) is 3.08. The summed E-state index contributed by atoms with van der Waals surface area (Å²) >= 11 is 0. The van der Waals surface area contributed by atoms with E-state index in [-0.39, 0.29) is 6.42 Å². The molecule has 4 heteroatoms. The molecule has 1 rings (SSSR count). The van der Waals surface area contributed by atoms with E-state index in [1.165, 1.54) is 7.11 Å². The zero-order valence-corrected chi connectivity index (χ0v) is 8.34. The summed E-state index contributed by atoms with van der Waals surface area (Å²) in [5.41, 5.74) is 0.659. The maximum Gasteiger partial charge on any atom is 0.313 e. The number of aliphatic carboxylic acids is 1. The van der Waals surface area contributed by atoms with Crippen molar-refractivity contribution in [2.24, 2.45) is 0 Å². The fourth-order valence-electron chi connectivity index (χ4n) is 1.34. The molecule has 1 aromatic rings. The standard InChI is InChI=1S/C11H12O4/c1-15-11(14)9(7-10(12)13)8-5-3-2-4-6-8/h2-6,9H,7H2,1H3,(H,12,13). The average molecular weight is 208 g/mol. The maximum absolute atomic E-state index is 11.4. The highest BCUT2D eigenvalue weighted by Crippen LogP contribution is 2.20. The Balaban J connectivity index is 2.91. The van der Waals surface area contributed by atoms with Gasteiger partial charge in [0.2, 0.25) is 0 Å². The lowest BCUT2D eigenvalue weighted by atomic mass is 9.96. The molecule has 1 N–H and O–H groups in total. The molecule has 1 aromatic carbocycles. The van der Waals surface area contributed by atoms with Crippen LogP contribution >= 0.6 is 0 Å². The van der Waals surface area contributed by atoms with Crippen LogP contribution in [0.4, 0.5) is 0 Å². The summed E-state index contributed by atoms with van der Waals surface area (Å²) in [4.78, 5) is 22.0. The molecule has 80 valence electrons. The van der Waals surface area contributed by atoms with Crippen molar-refractivity contribution in [2.75, 3.05) is 7.11 Å². The molecule has 0 aliphatic carbocycles. The number of hydrogen-bond donors (Lipinski definition) is 1. The number of benzene rings is 1. The molecule has 0 saturated heterocycles. The molecular formula is C11H12O4. The van der Waals surface area contributed by atoms with E-state index in [0.29, 0.717) is 5.56 Å². The second kappa shape index (κ2) is 5.14. The van der Waals surface area contributed by atoms with Crippen molar-refractivity contribution in [1.29, 1.82) is 0 Å². The van der Waals surface area contributed by atoms with Crippen LogP contribution in [-0.4, -0.2) is 24.2 Å². The first kappa shape index (κ1) is 11.2. The Morgan fingerprint density at radius 1 is 1.33 bits per heavy atom. The first-order chi connectivity index (χ1) is 7.15. The number of carbonyl (C=O) groups excluding carboxylic acids is 1. The number of rotatable bonds is 4. The van der Waals surface area contributed by atoms with Crippen molar-refractivity contribution in [3.05, 3.63) is 35.9 Å². The molecule has 1 atom stereocenters. The van der Waals surface area contributed by atoms with E-state index in [1.807, 2.05) is 0 Å². The third-order valence-corrected chi connectivity index (χ3v) is 2.07. The molecule has 4 nitrogen and oxygen atoms in total. The van der Waals surface area contributed by atoms with Gasteiger partial charge in [0.1, 0.15) is 0 Å². The zero-order chi connectivity index (χ0) is 11.3. The molecule has 0 spiro atoms. The Bertz CT molecular complexity index is 345. The van der Waals surface area contributed by atoms with Crippen molar-refractivity contribution in [3.8, 4) is 0 Å². The summed E-state index contributed by atoms with van der Waals surface area (Å²) in [5, 5.41) is 8.68. The SMILES string of the molecule is COC(=O)C(CC(=O)O)c1ccccc1. The minimum atomic E-state index is -1.02. The number of carboxylic acid groups (broad SMARTS) is 1. The van der Waals surface area contributed by atoms with Gasteiger partial charge >= 0.3 is 11.9 Å². The lowest BCUT2D eigenvalue weighted by Crippen LogP contribution is -2.17. The van der Waals surface area contributed by atoms with Crippen LogP contribution < -0.4 is 0 Å². The predicted octanol–water partition coefficient (Wildman–Crippen LogP) is 1.42. The number of esters is 1. The molecule has 0 saturated carbocycles. The summed E-state index contributed by atoms with van der Waals surface area (Å²) in [6.07, 6.45) is -0.253. The van der Waals surface area contributed by atoms with Gasteiger partial charge in [0.15, 0.2) is 0 Å². The number of methoxy groups -OCH3 is 1. The fraction of sp³-hybridized carbons (Fsp3) is 0.273. The average Bonchev–Trinajstić information content (AvgIpc) is 2.26. The van der Waals surface area contributed by atoms with E-state index in [2.05, 4.69) is 4.74 Å². The number of ether oxygens (including phenoxy) is 1. The number of hydrogen-bond acceptors (Lipinski definition) is 3. The Morgan fingerprint density at radius 3 is 2.40 bits per heavy atom. The van der Waals surface area contributed by atoms with Gasteiger partial charge < -0.3 is 9.84 Å². The summed E-state index contributed by atoms with van der Waals surface area (Å²) in [6.45, 7) is 0. The van der Waals surface area contributed by atoms with Gasteiger partial charge in [-0.25, -0.2) is 0 Å². The van der Waals surface area contributed by atoms with E-state index < -0.39 is 17.9 Å². The van der Waals surface area contributed by atoms with Gasteiger partial charge in [-0.05, 0) is 5.56 Å². The molecule has 0 amide bonds. The van der Waals surface area contributed by atoms with Crippen LogP contribution in [0.25, 0.3) is 0 Å². The topological polar surface area (TPSA) is 63.6 Å². The van der Waals surface area contributed by atoms with Gasteiger partial charge in [-0.2, -0.15) is 0 Å². The number of carbonyl (C=O) groups is 2. The molecule has 0 aliphatic rings. The van der Waals surface area contributed by atoms with Crippen LogP contribution in [0.2, 0.25) is 0 Å². The van der Waals surface area contributed by atoms with Gasteiger partial charge in [-0.3, -0.25) is 9.59 Å². The van der Waals surface area contributed by atoms with Crippen LogP contribution in [0.1, 0.15) is 17.9 Å². The highest BCUT2D eigenvalue weighted by Gasteiger charge is 2.23. The van der Waals surface area contributed by atoms with Gasteiger partial charge in [-0.1, -0.05) is 30.3 Å². The molecule has 0 radical (unpaired) electrons. The lowest BCUT2D eigenvalue weighted by Gasteiger charge is -2.12. The number of carboxylic acids is 1. The van der Waals surface area contributed by atoms with Crippen LogP contribution in [0.15, 0.2) is 30.3 Å². The summed E-state index contributed by atoms with van der Waals surface area (Å²) < 4.78 is 4.57. The van der Waals surface area contributed by atoms with Gasteiger partial charge in [0.05, 0.1) is 19.4 Å². The van der Waals surface area contributed by atoms with E-state index in [4.69, 9.17) is 5.11 Å². The van der Waals surface area contributed by atoms with Crippen molar-refractivity contribution in [1.82, 2.24) is 0 Å². The molecule has 1 unspecified atom stereocenters. The zero-order valence-electron chi connectivity index (χ0n) is 8.34. The van der Waals surface area contributed by atoms with E-state index >= 15 is 0 Å². The molecule has 0 aliphatic heterocycles. The van der Waals surface area contributed by atoms with Crippen LogP contribution in [0.5, 0.6) is 0 Å². The summed E-state index contributed by atoms with van der Waals surface area (Å²) in [5.74, 6) is -2.27. The third-order valence-electron chi connectivity index (χ3n) is 2.07. The highest BCUT2D eigenvalue weighted by molar-refractivity contribution is 5.83. The minimum Gasteiger partial charge on any atom is -0.481 e. The molecule has 0 fully saturated rings. The first-order valence-corrected chi connectivity index (χ1v) is 4.49. The Morgan fingerprint density at radius 2 is 1.93 bits per heavy atom. The Labute approximate surface area is 87.5 Å². The van der Waals surface area contributed by atoms with E-state index in [9.17, 15) is 9.59 Å². The Kier molecular flexibility index (Phi) is 3.85. The van der Waals surface area contributed by atoms with Crippen LogP contribution in [0.3, 0.4) is 0 Å². The molecule has 0 heterocycles. The maximum atomic E-state index is 11.4. The Hall–Kier alpha value is -1.84. The van der Waals surface area contributed by atoms with Crippen LogP contribution in [-0.2, 0) is 14.3 Å². The van der Waals surface area contributed by atoms with Gasteiger partial charge in [0, 0.05) is 0 Å². The minimum absolute atomic E-state index is 0.253. The second-order valence-corrected chi connectivity index (χ2v) is 3.08. The lowest BCUT2D eigenvalue weighted by molar-refractivity contribution is -0.147. The molecule has 15 heavy (non-hydrogen) atoms. The molecule has 0 bridgehead atoms. The smallest absolute Gasteiger partial charge is 0.313 e. The largest absolute Gasteiger partial charge is 0.481 e. The van der Waals surface area contributed by atoms with Gasteiger partial charge in [-0.15, -0.1) is 0 Å². The summed E-state index contributed by atoms with van der Waals surface area (Å²) in [7, 11) is 1.25. The summed E-state index contributed by atoms with van der Waals surface area (Å²) in [6, 6.07) is 8.74. The predicted molar refractivity (Wildman–Crippen MR) is 53.5 cm³/mol. The van der Waals surface area contributed by atoms with Crippen molar-refractivity contribution >= 4 is 11.9 Å². The van der Waals surface area contributed by atoms with E-state index in [1.54, 1.807) is 30.3 Å². The van der Waals surface area contributed by atoms with E-state index in [0.717, 1.165) is 0 Å². The molecular weight excluding hydrogens is 196 g/mol. The van der Waals surface area contributed by atoms with Crippen LogP contribution in [0, 0.1) is 0 Å². The first-order valence-electron chi connectivity index (χ1n) is 4.49. The van der Waals surface area contributed by atoms with Crippen molar-refractivity contribution < 1.29 is 19.4 Å². The molecule has 0 aromatic heterocycles. The highest BCUT2D eigenvalue weighted by atomic mass is 16.5. The monoisotopic (exact) mass is 208 g/mol. The third kappa shape index (κ3) is 3.09. The van der Waals surface area contributed by atoms with Crippen molar-refractivity contribution in [2.45, 2.75) is 12.3 Å². The van der Waals surface area contributed by atoms with Gasteiger partial charge in [0.25, 0.3) is 0 Å². The normalized spacial score (nSPS) is 11.8.